The summed E-state index contributed by atoms with van der Waals surface area (Å²) in [7, 11) is 0. The standard InChI is InChI=1S/C16H25BrClN/c1-11(2)6-5-7-12(3)19-13(4)15-9-8-14(17)10-16(15)18/h8-13,19H,5-7H2,1-4H3. The highest BCUT2D eigenvalue weighted by molar-refractivity contribution is 9.10. The molecule has 1 aromatic rings. The van der Waals surface area contributed by atoms with Crippen LogP contribution in [0.5, 0.6) is 0 Å². The maximum absolute atomic E-state index is 6.28. The van der Waals surface area contributed by atoms with Crippen LogP contribution >= 0.6 is 27.5 Å². The molecule has 2 atom stereocenters. The highest BCUT2D eigenvalue weighted by Crippen LogP contribution is 2.26. The van der Waals surface area contributed by atoms with Crippen molar-refractivity contribution >= 4 is 27.5 Å². The lowest BCUT2D eigenvalue weighted by Crippen LogP contribution is -2.29. The summed E-state index contributed by atoms with van der Waals surface area (Å²) in [4.78, 5) is 0. The summed E-state index contributed by atoms with van der Waals surface area (Å²) in [6.07, 6.45) is 3.81. The summed E-state index contributed by atoms with van der Waals surface area (Å²) in [6.45, 7) is 8.99. The molecule has 0 saturated carbocycles. The smallest absolute Gasteiger partial charge is 0.0464 e. The van der Waals surface area contributed by atoms with Crippen molar-refractivity contribution in [2.45, 2.75) is 59.0 Å². The van der Waals surface area contributed by atoms with Crippen LogP contribution in [0.1, 0.15) is 58.6 Å². The van der Waals surface area contributed by atoms with Crippen molar-refractivity contribution < 1.29 is 0 Å². The van der Waals surface area contributed by atoms with Gasteiger partial charge in [-0.1, -0.05) is 60.3 Å². The first-order chi connectivity index (χ1) is 8.90. The van der Waals surface area contributed by atoms with Gasteiger partial charge in [0.2, 0.25) is 0 Å². The number of benzene rings is 1. The number of rotatable bonds is 7. The Balaban J connectivity index is 2.47. The van der Waals surface area contributed by atoms with Gasteiger partial charge in [0, 0.05) is 21.6 Å². The first-order valence-corrected chi connectivity index (χ1v) is 8.28. The van der Waals surface area contributed by atoms with Crippen molar-refractivity contribution in [2.24, 2.45) is 5.92 Å². The highest BCUT2D eigenvalue weighted by Gasteiger charge is 2.12. The van der Waals surface area contributed by atoms with Crippen LogP contribution in [-0.4, -0.2) is 6.04 Å². The van der Waals surface area contributed by atoms with Gasteiger partial charge in [-0.05, 0) is 43.9 Å². The van der Waals surface area contributed by atoms with E-state index in [2.05, 4.69) is 55.0 Å². The highest BCUT2D eigenvalue weighted by atomic mass is 79.9. The third-order valence-corrected chi connectivity index (χ3v) is 4.20. The molecule has 0 bridgehead atoms. The van der Waals surface area contributed by atoms with Gasteiger partial charge in [-0.3, -0.25) is 0 Å². The van der Waals surface area contributed by atoms with Gasteiger partial charge < -0.3 is 5.32 Å². The van der Waals surface area contributed by atoms with Crippen molar-refractivity contribution in [3.05, 3.63) is 33.3 Å². The van der Waals surface area contributed by atoms with Gasteiger partial charge in [0.1, 0.15) is 0 Å². The Bertz CT molecular complexity index is 392. The largest absolute Gasteiger partial charge is 0.308 e. The lowest BCUT2D eigenvalue weighted by Gasteiger charge is -2.21. The summed E-state index contributed by atoms with van der Waals surface area (Å²) >= 11 is 9.72. The fourth-order valence-corrected chi connectivity index (χ4v) is 3.12. The van der Waals surface area contributed by atoms with Crippen molar-refractivity contribution in [1.29, 1.82) is 0 Å². The minimum absolute atomic E-state index is 0.287. The molecular formula is C16H25BrClN. The molecule has 0 radical (unpaired) electrons. The maximum Gasteiger partial charge on any atom is 0.0464 e. The van der Waals surface area contributed by atoms with E-state index in [-0.39, 0.29) is 6.04 Å². The van der Waals surface area contributed by atoms with Crippen LogP contribution in [-0.2, 0) is 0 Å². The molecule has 0 amide bonds. The zero-order chi connectivity index (χ0) is 14.4. The second-order valence-electron chi connectivity index (χ2n) is 5.78. The Labute approximate surface area is 131 Å². The van der Waals surface area contributed by atoms with Crippen molar-refractivity contribution in [1.82, 2.24) is 5.32 Å². The third-order valence-electron chi connectivity index (χ3n) is 3.38. The number of hydrogen-bond acceptors (Lipinski definition) is 1. The number of halogens is 2. The SMILES string of the molecule is CC(C)CCCC(C)NC(C)c1ccc(Br)cc1Cl. The van der Waals surface area contributed by atoms with Crippen molar-refractivity contribution in [3.8, 4) is 0 Å². The van der Waals surface area contributed by atoms with Gasteiger partial charge in [-0.2, -0.15) is 0 Å². The van der Waals surface area contributed by atoms with Crippen LogP contribution in [0, 0.1) is 5.92 Å². The van der Waals surface area contributed by atoms with E-state index in [1.807, 2.05) is 12.1 Å². The molecule has 1 nitrogen and oxygen atoms in total. The zero-order valence-corrected chi connectivity index (χ0v) is 14.7. The lowest BCUT2D eigenvalue weighted by molar-refractivity contribution is 0.424. The average Bonchev–Trinajstić information content (AvgIpc) is 2.27. The minimum atomic E-state index is 0.287. The van der Waals surface area contributed by atoms with Gasteiger partial charge in [0.15, 0.2) is 0 Å². The average molecular weight is 347 g/mol. The molecule has 0 fully saturated rings. The predicted octanol–water partition coefficient (Wildman–Crippen LogP) is 5.97. The summed E-state index contributed by atoms with van der Waals surface area (Å²) in [5.74, 6) is 0.797. The van der Waals surface area contributed by atoms with Crippen LogP contribution in [0.4, 0.5) is 0 Å². The van der Waals surface area contributed by atoms with E-state index in [1.54, 1.807) is 0 Å². The van der Waals surface area contributed by atoms with Crippen LogP contribution in [0.15, 0.2) is 22.7 Å². The van der Waals surface area contributed by atoms with Crippen LogP contribution in [0.25, 0.3) is 0 Å². The molecular weight excluding hydrogens is 322 g/mol. The Hall–Kier alpha value is -0.0500. The molecule has 108 valence electrons. The second kappa shape index (κ2) is 8.28. The molecule has 0 saturated heterocycles. The van der Waals surface area contributed by atoms with E-state index in [0.29, 0.717) is 6.04 Å². The predicted molar refractivity (Wildman–Crippen MR) is 88.9 cm³/mol. The fraction of sp³-hybridized carbons (Fsp3) is 0.625. The number of hydrogen-bond donors (Lipinski definition) is 1. The molecule has 0 heterocycles. The summed E-state index contributed by atoms with van der Waals surface area (Å²) in [6, 6.07) is 6.90. The number of nitrogens with one attached hydrogen (secondary N) is 1. The van der Waals surface area contributed by atoms with E-state index in [4.69, 9.17) is 11.6 Å². The van der Waals surface area contributed by atoms with Crippen LogP contribution in [0.2, 0.25) is 5.02 Å². The fourth-order valence-electron chi connectivity index (χ4n) is 2.28. The molecule has 0 aromatic heterocycles. The normalized spacial score (nSPS) is 14.7. The van der Waals surface area contributed by atoms with Gasteiger partial charge in [-0.15, -0.1) is 0 Å². The third kappa shape index (κ3) is 6.29. The van der Waals surface area contributed by atoms with Crippen LogP contribution in [0.3, 0.4) is 0 Å². The Morgan fingerprint density at radius 1 is 1.16 bits per heavy atom. The monoisotopic (exact) mass is 345 g/mol. The second-order valence-corrected chi connectivity index (χ2v) is 7.10. The molecule has 19 heavy (non-hydrogen) atoms. The Morgan fingerprint density at radius 3 is 2.42 bits per heavy atom. The van der Waals surface area contributed by atoms with E-state index in [0.717, 1.165) is 15.4 Å². The molecule has 1 rings (SSSR count). The molecule has 0 aliphatic rings. The molecule has 2 unspecified atom stereocenters. The van der Waals surface area contributed by atoms with E-state index < -0.39 is 0 Å². The molecule has 0 spiro atoms. The molecule has 0 aliphatic heterocycles. The van der Waals surface area contributed by atoms with E-state index >= 15 is 0 Å². The summed E-state index contributed by atoms with van der Waals surface area (Å²) in [5.41, 5.74) is 1.17. The Morgan fingerprint density at radius 2 is 1.84 bits per heavy atom. The molecule has 3 heteroatoms. The van der Waals surface area contributed by atoms with Crippen molar-refractivity contribution in [3.63, 3.8) is 0 Å². The maximum atomic E-state index is 6.28. The lowest BCUT2D eigenvalue weighted by atomic mass is 10.0. The topological polar surface area (TPSA) is 12.0 Å². The Kier molecular flexibility index (Phi) is 7.41. The van der Waals surface area contributed by atoms with Gasteiger partial charge >= 0.3 is 0 Å². The quantitative estimate of drug-likeness (QED) is 0.641. The molecule has 0 aliphatic carbocycles. The molecule has 1 N–H and O–H groups in total. The molecule has 1 aromatic carbocycles. The van der Waals surface area contributed by atoms with Gasteiger partial charge in [-0.25, -0.2) is 0 Å². The van der Waals surface area contributed by atoms with Crippen LogP contribution < -0.4 is 5.32 Å². The van der Waals surface area contributed by atoms with Gasteiger partial charge in [0.25, 0.3) is 0 Å². The zero-order valence-electron chi connectivity index (χ0n) is 12.3. The van der Waals surface area contributed by atoms with Gasteiger partial charge in [0.05, 0.1) is 0 Å². The summed E-state index contributed by atoms with van der Waals surface area (Å²) in [5, 5.41) is 4.45. The summed E-state index contributed by atoms with van der Waals surface area (Å²) < 4.78 is 1.03. The van der Waals surface area contributed by atoms with E-state index in [9.17, 15) is 0 Å². The van der Waals surface area contributed by atoms with Crippen molar-refractivity contribution in [2.75, 3.05) is 0 Å². The first-order valence-electron chi connectivity index (χ1n) is 7.11. The minimum Gasteiger partial charge on any atom is -0.308 e. The van der Waals surface area contributed by atoms with E-state index in [1.165, 1.54) is 24.8 Å². The first kappa shape index (κ1) is 17.0.